The van der Waals surface area contributed by atoms with Gasteiger partial charge < -0.3 is 0 Å². The normalized spacial score (nSPS) is 11.6. The summed E-state index contributed by atoms with van der Waals surface area (Å²) in [5.74, 6) is 0.508. The zero-order valence-electron chi connectivity index (χ0n) is 9.59. The average molecular weight is 315 g/mol. The third-order valence-corrected chi connectivity index (χ3v) is 3.58. The van der Waals surface area contributed by atoms with E-state index in [1.54, 1.807) is 12.3 Å². The lowest BCUT2D eigenvalue weighted by molar-refractivity contribution is 1.14. The molecule has 0 atom stereocenters. The summed E-state index contributed by atoms with van der Waals surface area (Å²) in [5.41, 5.74) is 2.14. The predicted molar refractivity (Wildman–Crippen MR) is 76.3 cm³/mol. The smallest absolute Gasteiger partial charge is 0.260 e. The molecule has 3 aromatic heterocycles. The van der Waals surface area contributed by atoms with Crippen LogP contribution in [0.15, 0.2) is 45.8 Å². The summed E-state index contributed by atoms with van der Waals surface area (Å²) in [6.45, 7) is 0. The van der Waals surface area contributed by atoms with Gasteiger partial charge in [-0.3, -0.25) is 14.2 Å². The fourth-order valence-electron chi connectivity index (χ4n) is 2.28. The summed E-state index contributed by atoms with van der Waals surface area (Å²) >= 11 is 3.38. The van der Waals surface area contributed by atoms with Gasteiger partial charge in [0.05, 0.1) is 10.9 Å². The van der Waals surface area contributed by atoms with E-state index in [9.17, 15) is 4.79 Å². The van der Waals surface area contributed by atoms with Crippen molar-refractivity contribution in [1.82, 2.24) is 19.4 Å². The predicted octanol–water partition coefficient (Wildman–Crippen LogP) is 2.49. The van der Waals surface area contributed by atoms with E-state index in [0.717, 1.165) is 21.2 Å². The summed E-state index contributed by atoms with van der Waals surface area (Å²) in [6.07, 6.45) is 1.71. The third kappa shape index (κ3) is 1.43. The Morgan fingerprint density at radius 1 is 1.26 bits per heavy atom. The van der Waals surface area contributed by atoms with Crippen molar-refractivity contribution in [2.75, 3.05) is 0 Å². The van der Waals surface area contributed by atoms with Crippen LogP contribution in [0.3, 0.4) is 0 Å². The van der Waals surface area contributed by atoms with Crippen LogP contribution in [0, 0.1) is 0 Å². The van der Waals surface area contributed by atoms with Crippen LogP contribution in [0.1, 0.15) is 0 Å². The van der Waals surface area contributed by atoms with Crippen molar-refractivity contribution in [2.24, 2.45) is 0 Å². The molecule has 0 fully saturated rings. The molecular weight excluding hydrogens is 308 g/mol. The highest BCUT2D eigenvalue weighted by Gasteiger charge is 2.11. The second-order valence-electron chi connectivity index (χ2n) is 4.23. The lowest BCUT2D eigenvalue weighted by atomic mass is 10.2. The molecule has 0 amide bonds. The molecular formula is C13H7BrN4O. The Bertz CT molecular complexity index is 1000. The van der Waals surface area contributed by atoms with Crippen molar-refractivity contribution in [3.63, 3.8) is 0 Å². The highest BCUT2D eigenvalue weighted by Crippen LogP contribution is 2.20. The molecule has 0 saturated carbocycles. The first-order chi connectivity index (χ1) is 9.24. The summed E-state index contributed by atoms with van der Waals surface area (Å²) < 4.78 is 2.72. The lowest BCUT2D eigenvalue weighted by Crippen LogP contribution is -2.09. The summed E-state index contributed by atoms with van der Waals surface area (Å²) in [6, 6.07) is 9.28. The fourth-order valence-corrected chi connectivity index (χ4v) is 2.64. The monoisotopic (exact) mass is 314 g/mol. The van der Waals surface area contributed by atoms with Crippen LogP contribution in [-0.4, -0.2) is 19.4 Å². The highest BCUT2D eigenvalue weighted by atomic mass is 79.9. The molecule has 5 nitrogen and oxygen atoms in total. The Labute approximate surface area is 115 Å². The number of hydrogen-bond acceptors (Lipinski definition) is 3. The van der Waals surface area contributed by atoms with Gasteiger partial charge in [0.1, 0.15) is 5.52 Å². The lowest BCUT2D eigenvalue weighted by Gasteiger charge is -2.02. The van der Waals surface area contributed by atoms with Crippen molar-refractivity contribution in [1.29, 1.82) is 0 Å². The molecule has 0 aliphatic rings. The molecule has 4 aromatic rings. The highest BCUT2D eigenvalue weighted by molar-refractivity contribution is 9.10. The van der Waals surface area contributed by atoms with Crippen LogP contribution >= 0.6 is 15.9 Å². The average Bonchev–Trinajstić information content (AvgIpc) is 2.77. The Hall–Kier alpha value is -2.21. The number of aromatic amines is 1. The number of H-pyrrole nitrogens is 1. The maximum Gasteiger partial charge on any atom is 0.260 e. The molecule has 19 heavy (non-hydrogen) atoms. The van der Waals surface area contributed by atoms with E-state index in [1.165, 1.54) is 0 Å². The first-order valence-electron chi connectivity index (χ1n) is 5.69. The topological polar surface area (TPSA) is 63.0 Å². The number of nitrogens with one attached hydrogen (secondary N) is 1. The van der Waals surface area contributed by atoms with Gasteiger partial charge in [0.2, 0.25) is 5.78 Å². The van der Waals surface area contributed by atoms with E-state index in [0.29, 0.717) is 11.2 Å². The number of benzene rings is 1. The number of rotatable bonds is 0. The van der Waals surface area contributed by atoms with Crippen LogP contribution < -0.4 is 5.56 Å². The minimum absolute atomic E-state index is 0.154. The summed E-state index contributed by atoms with van der Waals surface area (Å²) in [4.78, 5) is 23.6. The van der Waals surface area contributed by atoms with Gasteiger partial charge in [-0.2, -0.15) is 0 Å². The van der Waals surface area contributed by atoms with E-state index in [4.69, 9.17) is 0 Å². The maximum atomic E-state index is 12.1. The third-order valence-electron chi connectivity index (χ3n) is 3.09. The van der Waals surface area contributed by atoms with Crippen LogP contribution in [0.2, 0.25) is 0 Å². The number of aromatic nitrogens is 4. The van der Waals surface area contributed by atoms with E-state index < -0.39 is 0 Å². The molecule has 0 saturated heterocycles. The minimum Gasteiger partial charge on any atom is -0.291 e. The van der Waals surface area contributed by atoms with Gasteiger partial charge in [0.15, 0.2) is 5.65 Å². The first-order valence-corrected chi connectivity index (χ1v) is 6.48. The van der Waals surface area contributed by atoms with Crippen LogP contribution in [-0.2, 0) is 0 Å². The number of pyridine rings is 1. The number of imidazole rings is 1. The Kier molecular flexibility index (Phi) is 2.05. The van der Waals surface area contributed by atoms with Gasteiger partial charge in [-0.05, 0) is 30.3 Å². The Balaban J connectivity index is 2.39. The van der Waals surface area contributed by atoms with Gasteiger partial charge in [-0.15, -0.1) is 0 Å². The molecule has 0 radical (unpaired) electrons. The van der Waals surface area contributed by atoms with Crippen molar-refractivity contribution in [2.45, 2.75) is 0 Å². The van der Waals surface area contributed by atoms with Gasteiger partial charge in [0, 0.05) is 10.7 Å². The molecule has 0 spiro atoms. The summed E-state index contributed by atoms with van der Waals surface area (Å²) in [5, 5.41) is 0.604. The molecule has 3 heterocycles. The number of halogens is 1. The van der Waals surface area contributed by atoms with Gasteiger partial charge >= 0.3 is 0 Å². The fraction of sp³-hybridized carbons (Fsp3) is 0. The molecule has 6 heteroatoms. The molecule has 0 aliphatic carbocycles. The molecule has 1 aromatic carbocycles. The SMILES string of the molecule is O=c1[nH]c2nc3cccnc3n2c2ccc(Br)cc12. The van der Waals surface area contributed by atoms with E-state index >= 15 is 0 Å². The Morgan fingerprint density at radius 2 is 2.16 bits per heavy atom. The van der Waals surface area contributed by atoms with Gasteiger partial charge in [-0.25, -0.2) is 9.97 Å². The standard InChI is InChI=1S/C13H7BrN4O/c14-7-3-4-10-8(6-7)12(19)17-13-16-9-2-1-5-15-11(9)18(10)13/h1-6H,(H,16,17,19). The van der Waals surface area contributed by atoms with Crippen LogP contribution in [0.4, 0.5) is 0 Å². The number of nitrogens with zero attached hydrogens (tertiary/aromatic N) is 3. The van der Waals surface area contributed by atoms with E-state index in [1.807, 2.05) is 28.7 Å². The molecule has 4 rings (SSSR count). The largest absolute Gasteiger partial charge is 0.291 e. The van der Waals surface area contributed by atoms with Crippen LogP contribution in [0.5, 0.6) is 0 Å². The second-order valence-corrected chi connectivity index (χ2v) is 5.15. The minimum atomic E-state index is -0.154. The van der Waals surface area contributed by atoms with Gasteiger partial charge in [0.25, 0.3) is 5.56 Å². The number of hydrogen-bond donors (Lipinski definition) is 1. The van der Waals surface area contributed by atoms with Crippen molar-refractivity contribution < 1.29 is 0 Å². The molecule has 0 aliphatic heterocycles. The van der Waals surface area contributed by atoms with Crippen molar-refractivity contribution in [3.05, 3.63) is 51.4 Å². The van der Waals surface area contributed by atoms with E-state index in [-0.39, 0.29) is 5.56 Å². The van der Waals surface area contributed by atoms with Crippen molar-refractivity contribution in [3.8, 4) is 0 Å². The van der Waals surface area contributed by atoms with E-state index in [2.05, 4.69) is 30.9 Å². The molecule has 1 N–H and O–H groups in total. The van der Waals surface area contributed by atoms with Crippen LogP contribution in [0.25, 0.3) is 27.8 Å². The molecule has 0 unspecified atom stereocenters. The first kappa shape index (κ1) is 10.7. The second kappa shape index (κ2) is 3.64. The molecule has 92 valence electrons. The zero-order chi connectivity index (χ0) is 13.0. The zero-order valence-corrected chi connectivity index (χ0v) is 11.2. The van der Waals surface area contributed by atoms with Crippen molar-refractivity contribution >= 4 is 43.8 Å². The summed E-state index contributed by atoms with van der Waals surface area (Å²) in [7, 11) is 0. The molecule has 0 bridgehead atoms. The van der Waals surface area contributed by atoms with Gasteiger partial charge in [-0.1, -0.05) is 15.9 Å². The Morgan fingerprint density at radius 3 is 3.05 bits per heavy atom. The number of fused-ring (bicyclic) bond motifs is 5. The maximum absolute atomic E-state index is 12.1. The quantitative estimate of drug-likeness (QED) is 0.542.